The fourth-order valence-corrected chi connectivity index (χ4v) is 1.68. The molecule has 4 nitrogen and oxygen atoms in total. The number of carbonyl (C=O) groups excluding carboxylic acids is 1. The van der Waals surface area contributed by atoms with Crippen LogP contribution < -0.4 is 11.1 Å². The minimum Gasteiger partial charge on any atom is -0.355 e. The Balaban J connectivity index is 4.75. The Morgan fingerprint density at radius 1 is 1.41 bits per heavy atom. The lowest BCUT2D eigenvalue weighted by atomic mass is 10.1. The number of hydrogen-bond acceptors (Lipinski definition) is 3. The Morgan fingerprint density at radius 2 is 1.94 bits per heavy atom. The molecule has 2 unspecified atom stereocenters. The van der Waals surface area contributed by atoms with Crippen molar-refractivity contribution in [1.29, 1.82) is 0 Å². The van der Waals surface area contributed by atoms with Gasteiger partial charge in [-0.15, -0.1) is 0 Å². The summed E-state index contributed by atoms with van der Waals surface area (Å²) in [6, 6.07) is -2.88. The first-order valence-corrected chi connectivity index (χ1v) is 5.57. The fourth-order valence-electron chi connectivity index (χ4n) is 1.68. The van der Waals surface area contributed by atoms with E-state index in [1.165, 1.54) is 6.92 Å². The second kappa shape index (κ2) is 6.80. The van der Waals surface area contributed by atoms with E-state index in [0.29, 0.717) is 6.54 Å². The lowest BCUT2D eigenvalue weighted by Crippen LogP contribution is -2.57. The zero-order valence-corrected chi connectivity index (χ0v) is 10.3. The summed E-state index contributed by atoms with van der Waals surface area (Å²) in [5.41, 5.74) is 5.36. The van der Waals surface area contributed by atoms with E-state index in [1.807, 2.05) is 0 Å². The van der Waals surface area contributed by atoms with Gasteiger partial charge in [-0.25, -0.2) is 0 Å². The first-order chi connectivity index (χ1) is 7.73. The lowest BCUT2D eigenvalue weighted by molar-refractivity contribution is -0.188. The number of amides is 1. The van der Waals surface area contributed by atoms with E-state index in [0.717, 1.165) is 4.90 Å². The summed E-state index contributed by atoms with van der Waals surface area (Å²) in [6.07, 6.45) is -4.43. The summed E-state index contributed by atoms with van der Waals surface area (Å²) in [7, 11) is 0. The molecule has 0 saturated heterocycles. The van der Waals surface area contributed by atoms with Gasteiger partial charge in [-0.05, 0) is 20.4 Å². The van der Waals surface area contributed by atoms with E-state index in [2.05, 4.69) is 5.32 Å². The van der Waals surface area contributed by atoms with Gasteiger partial charge in [0.1, 0.15) is 6.04 Å². The SMILES string of the molecule is CCNC(=O)CN(CC)C(C(C)N)C(F)(F)F. The molecule has 0 aliphatic rings. The van der Waals surface area contributed by atoms with Gasteiger partial charge >= 0.3 is 6.18 Å². The zero-order chi connectivity index (χ0) is 13.6. The molecule has 0 aromatic carbocycles. The summed E-state index contributed by atoms with van der Waals surface area (Å²) in [5.74, 6) is -0.427. The third-order valence-corrected chi connectivity index (χ3v) is 2.35. The smallest absolute Gasteiger partial charge is 0.355 e. The molecule has 0 saturated carbocycles. The Bertz CT molecular complexity index is 243. The maximum Gasteiger partial charge on any atom is 0.405 e. The lowest BCUT2D eigenvalue weighted by Gasteiger charge is -2.34. The number of nitrogens with two attached hydrogens (primary N) is 1. The van der Waals surface area contributed by atoms with Crippen LogP contribution in [0.4, 0.5) is 13.2 Å². The molecular weight excluding hydrogens is 235 g/mol. The summed E-state index contributed by atoms with van der Waals surface area (Å²) in [4.78, 5) is 12.3. The van der Waals surface area contributed by atoms with Crippen molar-refractivity contribution in [3.63, 3.8) is 0 Å². The van der Waals surface area contributed by atoms with Crippen LogP contribution in [0.25, 0.3) is 0 Å². The van der Waals surface area contributed by atoms with Gasteiger partial charge in [-0.3, -0.25) is 9.69 Å². The van der Waals surface area contributed by atoms with Crippen LogP contribution in [0.5, 0.6) is 0 Å². The number of rotatable bonds is 6. The topological polar surface area (TPSA) is 58.4 Å². The molecule has 0 aliphatic carbocycles. The minimum absolute atomic E-state index is 0.114. The number of likely N-dealkylation sites (N-methyl/N-ethyl adjacent to an activating group) is 2. The van der Waals surface area contributed by atoms with E-state index >= 15 is 0 Å². The van der Waals surface area contributed by atoms with Crippen molar-refractivity contribution in [2.75, 3.05) is 19.6 Å². The highest BCUT2D eigenvalue weighted by atomic mass is 19.4. The number of carbonyl (C=O) groups is 1. The molecular formula is C10H20F3N3O. The van der Waals surface area contributed by atoms with Crippen LogP contribution in [0.1, 0.15) is 20.8 Å². The van der Waals surface area contributed by atoms with Crippen LogP contribution in [0.2, 0.25) is 0 Å². The summed E-state index contributed by atoms with van der Waals surface area (Å²) in [5, 5.41) is 2.47. The predicted octanol–water partition coefficient (Wildman–Crippen LogP) is 0.722. The molecule has 7 heteroatoms. The molecule has 2 atom stereocenters. The van der Waals surface area contributed by atoms with Crippen LogP contribution >= 0.6 is 0 Å². The summed E-state index contributed by atoms with van der Waals surface area (Å²) in [6.45, 7) is 4.78. The molecule has 0 heterocycles. The van der Waals surface area contributed by atoms with Crippen molar-refractivity contribution >= 4 is 5.91 Å². The van der Waals surface area contributed by atoms with E-state index in [-0.39, 0.29) is 13.1 Å². The minimum atomic E-state index is -4.43. The quantitative estimate of drug-likeness (QED) is 0.735. The fraction of sp³-hybridized carbons (Fsp3) is 0.900. The maximum absolute atomic E-state index is 12.8. The third kappa shape index (κ3) is 5.36. The average molecular weight is 255 g/mol. The number of hydrogen-bond donors (Lipinski definition) is 2. The maximum atomic E-state index is 12.8. The third-order valence-electron chi connectivity index (χ3n) is 2.35. The highest BCUT2D eigenvalue weighted by Gasteiger charge is 2.45. The molecule has 17 heavy (non-hydrogen) atoms. The molecule has 1 amide bonds. The second-order valence-corrected chi connectivity index (χ2v) is 3.86. The van der Waals surface area contributed by atoms with Crippen LogP contribution in [-0.2, 0) is 4.79 Å². The molecule has 3 N–H and O–H groups in total. The van der Waals surface area contributed by atoms with Crippen LogP contribution in [0.3, 0.4) is 0 Å². The molecule has 0 aliphatic heterocycles. The number of alkyl halides is 3. The number of nitrogens with one attached hydrogen (secondary N) is 1. The molecule has 0 aromatic rings. The zero-order valence-electron chi connectivity index (χ0n) is 10.3. The average Bonchev–Trinajstić information content (AvgIpc) is 2.14. The predicted molar refractivity (Wildman–Crippen MR) is 59.4 cm³/mol. The first kappa shape index (κ1) is 16.2. The Labute approximate surface area is 99.3 Å². The monoisotopic (exact) mass is 255 g/mol. The molecule has 0 spiro atoms. The van der Waals surface area contributed by atoms with Crippen molar-refractivity contribution < 1.29 is 18.0 Å². The second-order valence-electron chi connectivity index (χ2n) is 3.86. The van der Waals surface area contributed by atoms with Crippen molar-refractivity contribution in [2.24, 2.45) is 5.73 Å². The van der Waals surface area contributed by atoms with E-state index < -0.39 is 24.2 Å². The molecule has 0 radical (unpaired) electrons. The van der Waals surface area contributed by atoms with Gasteiger partial charge in [0.25, 0.3) is 0 Å². The van der Waals surface area contributed by atoms with Crippen LogP contribution in [-0.4, -0.2) is 48.7 Å². The molecule has 0 rings (SSSR count). The van der Waals surface area contributed by atoms with Gasteiger partial charge in [0, 0.05) is 12.6 Å². The van der Waals surface area contributed by atoms with Crippen molar-refractivity contribution in [1.82, 2.24) is 10.2 Å². The van der Waals surface area contributed by atoms with E-state index in [9.17, 15) is 18.0 Å². The summed E-state index contributed by atoms with van der Waals surface area (Å²) < 4.78 is 38.4. The van der Waals surface area contributed by atoms with Crippen LogP contribution in [0.15, 0.2) is 0 Å². The molecule has 0 aromatic heterocycles. The van der Waals surface area contributed by atoms with Gasteiger partial charge in [-0.2, -0.15) is 13.2 Å². The molecule has 0 fully saturated rings. The Morgan fingerprint density at radius 3 is 2.24 bits per heavy atom. The Hall–Kier alpha value is -0.820. The van der Waals surface area contributed by atoms with Gasteiger partial charge < -0.3 is 11.1 Å². The van der Waals surface area contributed by atoms with E-state index in [1.54, 1.807) is 13.8 Å². The van der Waals surface area contributed by atoms with Crippen molar-refractivity contribution in [3.05, 3.63) is 0 Å². The largest absolute Gasteiger partial charge is 0.405 e. The van der Waals surface area contributed by atoms with Crippen molar-refractivity contribution in [3.8, 4) is 0 Å². The van der Waals surface area contributed by atoms with E-state index in [4.69, 9.17) is 5.73 Å². The normalized spacial score (nSPS) is 15.8. The standard InChI is InChI=1S/C10H20F3N3O/c1-4-15-8(17)6-16(5-2)9(7(3)14)10(11,12)13/h7,9H,4-6,14H2,1-3H3,(H,15,17). The highest BCUT2D eigenvalue weighted by Crippen LogP contribution is 2.26. The van der Waals surface area contributed by atoms with Crippen molar-refractivity contribution in [2.45, 2.75) is 39.0 Å². The van der Waals surface area contributed by atoms with Crippen LogP contribution in [0, 0.1) is 0 Å². The van der Waals surface area contributed by atoms with Gasteiger partial charge in [-0.1, -0.05) is 6.92 Å². The van der Waals surface area contributed by atoms with Gasteiger partial charge in [0.15, 0.2) is 0 Å². The highest BCUT2D eigenvalue weighted by molar-refractivity contribution is 5.78. The van der Waals surface area contributed by atoms with Gasteiger partial charge in [0.2, 0.25) is 5.91 Å². The first-order valence-electron chi connectivity index (χ1n) is 5.57. The Kier molecular flexibility index (Phi) is 6.48. The van der Waals surface area contributed by atoms with Gasteiger partial charge in [0.05, 0.1) is 6.54 Å². The summed E-state index contributed by atoms with van der Waals surface area (Å²) >= 11 is 0. The molecule has 0 bridgehead atoms. The number of nitrogens with zero attached hydrogens (tertiary/aromatic N) is 1. The molecule has 102 valence electrons. The number of halogens is 3.